The lowest BCUT2D eigenvalue weighted by Crippen LogP contribution is -2.62. The summed E-state index contributed by atoms with van der Waals surface area (Å²) in [5, 5.41) is 22.5. The van der Waals surface area contributed by atoms with E-state index in [1.54, 1.807) is 39.9 Å². The summed E-state index contributed by atoms with van der Waals surface area (Å²) < 4.78 is 42.8. The van der Waals surface area contributed by atoms with Gasteiger partial charge in [0.25, 0.3) is 0 Å². The number of aliphatic hydroxyl groups is 2. The maximum atomic E-state index is 13.4. The van der Waals surface area contributed by atoms with Gasteiger partial charge in [0.15, 0.2) is 11.5 Å². The smallest absolute Gasteiger partial charge is 0.407 e. The predicted molar refractivity (Wildman–Crippen MR) is 238 cm³/mol. The molecule has 4 fully saturated rings. The van der Waals surface area contributed by atoms with Crippen LogP contribution in [-0.4, -0.2) is 144 Å². The summed E-state index contributed by atoms with van der Waals surface area (Å²) in [6, 6.07) is 7.49. The number of carbonyl (C=O) groups is 3. The number of ether oxygens (including phenoxy) is 3. The number of nitrogens with zero attached hydrogens (tertiary/aromatic N) is 4. The zero-order chi connectivity index (χ0) is 43.7. The van der Waals surface area contributed by atoms with Crippen molar-refractivity contribution in [2.24, 2.45) is 17.6 Å². The molecule has 2 aromatic carbocycles. The summed E-state index contributed by atoms with van der Waals surface area (Å²) in [6.07, 6.45) is 3.03. The summed E-state index contributed by atoms with van der Waals surface area (Å²) >= 11 is 0. The second kappa shape index (κ2) is 21.2. The number of fused-ring (bicyclic) bond motifs is 6. The Bertz CT molecular complexity index is 1940. The van der Waals surface area contributed by atoms with Gasteiger partial charge in [-0.1, -0.05) is 12.1 Å². The molecule has 6 aliphatic rings. The molecule has 14 nitrogen and oxygen atoms in total. The van der Waals surface area contributed by atoms with Crippen molar-refractivity contribution in [3.8, 4) is 11.5 Å². The van der Waals surface area contributed by atoms with Crippen molar-refractivity contribution in [3.05, 3.63) is 57.6 Å². The highest BCUT2D eigenvalue weighted by Gasteiger charge is 2.47. The van der Waals surface area contributed by atoms with Gasteiger partial charge in [-0.15, -0.1) is 24.8 Å². The number of alkyl halides is 2. The number of hydrogen-bond acceptors (Lipinski definition) is 11. The summed E-state index contributed by atoms with van der Waals surface area (Å²) in [5.74, 6) is 0.965. The number of methoxy groups -OCH3 is 2. The topological polar surface area (TPSA) is 170 Å². The van der Waals surface area contributed by atoms with Crippen LogP contribution in [0.25, 0.3) is 0 Å². The van der Waals surface area contributed by atoms with E-state index in [2.05, 4.69) is 27.2 Å². The van der Waals surface area contributed by atoms with E-state index in [9.17, 15) is 33.4 Å². The van der Waals surface area contributed by atoms with E-state index in [0.29, 0.717) is 38.0 Å². The Morgan fingerprint density at radius 3 is 1.78 bits per heavy atom. The number of likely N-dealkylation sites (tertiary alicyclic amines) is 2. The molecule has 0 unspecified atom stereocenters. The molecule has 0 radical (unpaired) electrons. The minimum Gasteiger partial charge on any atom is -0.493 e. The van der Waals surface area contributed by atoms with Crippen molar-refractivity contribution in [3.63, 3.8) is 0 Å². The predicted octanol–water partition coefficient (Wildman–Crippen LogP) is 4.42. The maximum Gasteiger partial charge on any atom is 0.407 e. The molecule has 18 heteroatoms. The maximum absolute atomic E-state index is 13.4. The van der Waals surface area contributed by atoms with Crippen LogP contribution in [0.4, 0.5) is 13.6 Å². The minimum atomic E-state index is -0.656. The number of aliphatic hydroxyl groups excluding tert-OH is 2. The molecule has 5 N–H and O–H groups in total. The first-order valence-corrected chi connectivity index (χ1v) is 21.7. The van der Waals surface area contributed by atoms with E-state index >= 15 is 0 Å². The molecule has 63 heavy (non-hydrogen) atoms. The molecule has 0 saturated carbocycles. The molecule has 8 atom stereocenters. The Kier molecular flexibility index (Phi) is 17.0. The molecule has 0 aromatic heterocycles. The first-order valence-electron chi connectivity index (χ1n) is 21.7. The van der Waals surface area contributed by atoms with Gasteiger partial charge >= 0.3 is 6.09 Å². The molecule has 0 spiro atoms. The number of carbonyl (C=O) groups excluding carboxylic acids is 3. The lowest BCUT2D eigenvalue weighted by Gasteiger charge is -2.49. The van der Waals surface area contributed by atoms with Crippen LogP contribution in [-0.2, 0) is 40.4 Å². The van der Waals surface area contributed by atoms with Gasteiger partial charge in [-0.05, 0) is 92.0 Å². The van der Waals surface area contributed by atoms with Crippen molar-refractivity contribution >= 4 is 42.7 Å². The summed E-state index contributed by atoms with van der Waals surface area (Å²) in [4.78, 5) is 46.1. The standard InChI is InChI=1S/C25H36FN3O5.C20H28FN3O3.2ClH/c1-25(2,3)34-24(33)27-20-9-21-19-8-18(14-31)17(13-30)7-16(19)4-5-28(21)12-22(20)29-11-15(10-26)6-23(29)32;1-26-18-6-13-3-4-23-11-17(24-10-12(9-21)5-20(24)25)15(22)8-16(23)14(13)7-19(18)27-2;;/h7-8,15,20-22,30-31H,4-6,9-14H2,1-3H3,(H,27,33);6-7,12,15-17H,3-5,8-11,22H2,1-2H3;2*1H/t15-,20+,21+,22+;12-,15+,16+,17+;;/m11../s1. The van der Waals surface area contributed by atoms with Gasteiger partial charge in [-0.25, -0.2) is 4.79 Å². The number of rotatable bonds is 9. The molecule has 4 saturated heterocycles. The monoisotopic (exact) mass is 926 g/mol. The Hall–Kier alpha value is -3.51. The number of alkyl carbamates (subject to hydrolysis) is 1. The van der Waals surface area contributed by atoms with Crippen LogP contribution < -0.4 is 20.5 Å². The molecule has 8 rings (SSSR count). The van der Waals surface area contributed by atoms with Crippen molar-refractivity contribution in [1.82, 2.24) is 24.9 Å². The number of nitrogens with one attached hydrogen (secondary N) is 1. The van der Waals surface area contributed by atoms with Crippen LogP contribution >= 0.6 is 24.8 Å². The van der Waals surface area contributed by atoms with Gasteiger partial charge in [0.1, 0.15) is 5.60 Å². The molecular formula is C45H66Cl2F2N6O8. The van der Waals surface area contributed by atoms with Gasteiger partial charge in [-0.3, -0.25) is 28.2 Å². The third kappa shape index (κ3) is 10.8. The van der Waals surface area contributed by atoms with Crippen LogP contribution in [0.3, 0.4) is 0 Å². The Morgan fingerprint density at radius 2 is 1.25 bits per heavy atom. The van der Waals surface area contributed by atoms with Crippen molar-refractivity contribution in [2.45, 2.75) is 114 Å². The number of halogens is 4. The lowest BCUT2D eigenvalue weighted by molar-refractivity contribution is -0.132. The molecule has 3 amide bonds. The minimum absolute atomic E-state index is 0. The van der Waals surface area contributed by atoms with Crippen molar-refractivity contribution < 1.29 is 47.6 Å². The Morgan fingerprint density at radius 1 is 0.762 bits per heavy atom. The third-order valence-corrected chi connectivity index (χ3v) is 13.6. The molecule has 352 valence electrons. The SMILES string of the molecule is CC(C)(C)OC(=O)N[C@H]1C[C@H]2c3cc(CO)c(CO)cc3CCN2C[C@@H]1N1C[C@@H](CF)CC1=O.COc1cc2c(cc1OC)[C@@H]1C[C@H](N)[C@@H](N3C[C@@H](CF)CC3=O)CN1CC2.Cl.Cl. The molecular weight excluding hydrogens is 861 g/mol. The molecule has 0 aliphatic carbocycles. The van der Waals surface area contributed by atoms with Crippen LogP contribution in [0.2, 0.25) is 0 Å². The average Bonchev–Trinajstić information content (AvgIpc) is 3.82. The number of benzene rings is 2. The van der Waals surface area contributed by atoms with E-state index in [1.165, 1.54) is 11.1 Å². The quantitative estimate of drug-likeness (QED) is 0.281. The largest absolute Gasteiger partial charge is 0.493 e. The number of nitrogens with two attached hydrogens (primary N) is 1. The molecule has 0 bridgehead atoms. The molecule has 6 aliphatic heterocycles. The van der Waals surface area contributed by atoms with Crippen LogP contribution in [0, 0.1) is 11.8 Å². The summed E-state index contributed by atoms with van der Waals surface area (Å²) in [6.45, 7) is 8.00. The van der Waals surface area contributed by atoms with Crippen LogP contribution in [0.5, 0.6) is 11.5 Å². The third-order valence-electron chi connectivity index (χ3n) is 13.6. The highest BCUT2D eigenvalue weighted by atomic mass is 35.5. The second-order valence-electron chi connectivity index (χ2n) is 18.6. The number of amides is 3. The highest BCUT2D eigenvalue weighted by molar-refractivity contribution is 5.85. The van der Waals surface area contributed by atoms with Gasteiger partial charge in [-0.2, -0.15) is 0 Å². The summed E-state index contributed by atoms with van der Waals surface area (Å²) in [7, 11) is 3.30. The lowest BCUT2D eigenvalue weighted by atomic mass is 9.81. The van der Waals surface area contributed by atoms with Crippen LogP contribution in [0.15, 0.2) is 24.3 Å². The Balaban J connectivity index is 0.000000236. The van der Waals surface area contributed by atoms with E-state index in [4.69, 9.17) is 19.9 Å². The second-order valence-corrected chi connectivity index (χ2v) is 18.6. The zero-order valence-corrected chi connectivity index (χ0v) is 38.7. The first-order chi connectivity index (χ1) is 29.2. The normalized spacial score (nSPS) is 28.0. The van der Waals surface area contributed by atoms with Gasteiger partial charge in [0, 0.05) is 82.1 Å². The molecule has 6 heterocycles. The molecule has 2 aromatic rings. The van der Waals surface area contributed by atoms with Gasteiger partial charge < -0.3 is 45.3 Å². The van der Waals surface area contributed by atoms with Crippen molar-refractivity contribution in [1.29, 1.82) is 0 Å². The highest BCUT2D eigenvalue weighted by Crippen LogP contribution is 2.43. The fourth-order valence-electron chi connectivity index (χ4n) is 10.5. The van der Waals surface area contributed by atoms with Gasteiger partial charge in [0.05, 0.1) is 58.9 Å². The van der Waals surface area contributed by atoms with E-state index in [0.717, 1.165) is 67.1 Å². The number of piperidine rings is 2. The van der Waals surface area contributed by atoms with Crippen molar-refractivity contribution in [2.75, 3.05) is 66.8 Å². The van der Waals surface area contributed by atoms with Crippen LogP contribution in [0.1, 0.15) is 91.9 Å². The summed E-state index contributed by atoms with van der Waals surface area (Å²) in [5.41, 5.74) is 12.0. The fraction of sp³-hybridized carbons (Fsp3) is 0.667. The van der Waals surface area contributed by atoms with E-state index in [1.807, 2.05) is 17.0 Å². The van der Waals surface area contributed by atoms with E-state index < -0.39 is 25.0 Å². The number of hydrogen-bond donors (Lipinski definition) is 4. The van der Waals surface area contributed by atoms with E-state index in [-0.39, 0.29) is 104 Å². The van der Waals surface area contributed by atoms with Gasteiger partial charge in [0.2, 0.25) is 11.8 Å². The fourth-order valence-corrected chi connectivity index (χ4v) is 10.5. The average molecular weight is 928 g/mol. The first kappa shape index (κ1) is 50.5. The zero-order valence-electron chi connectivity index (χ0n) is 37.0. The Labute approximate surface area is 381 Å².